The standard InChI is InChI=1S/C18H11F6NO3/c1-9-8-25-14-7-13(17(19,20)21)15(6-12(14)16(9)26)27-10-2-4-11(5-3-10)28-18(22,23)24/h2-8H,1H3,(H,25,26). The molecule has 28 heavy (non-hydrogen) atoms. The molecule has 0 bridgehead atoms. The van der Waals surface area contributed by atoms with Gasteiger partial charge in [0, 0.05) is 17.1 Å². The topological polar surface area (TPSA) is 51.3 Å². The molecule has 1 aromatic heterocycles. The summed E-state index contributed by atoms with van der Waals surface area (Å²) in [6, 6.07) is 5.52. The van der Waals surface area contributed by atoms with E-state index in [4.69, 9.17) is 4.74 Å². The fraction of sp³-hybridized carbons (Fsp3) is 0.167. The zero-order chi connectivity index (χ0) is 20.7. The van der Waals surface area contributed by atoms with Crippen molar-refractivity contribution in [2.75, 3.05) is 0 Å². The quantitative estimate of drug-likeness (QED) is 0.584. The third kappa shape index (κ3) is 4.21. The molecular weight excluding hydrogens is 392 g/mol. The van der Waals surface area contributed by atoms with Crippen molar-refractivity contribution in [1.82, 2.24) is 4.98 Å². The summed E-state index contributed by atoms with van der Waals surface area (Å²) in [6.07, 6.45) is -8.39. The van der Waals surface area contributed by atoms with E-state index in [0.717, 1.165) is 36.4 Å². The number of benzene rings is 2. The minimum atomic E-state index is -4.90. The molecule has 2 aromatic carbocycles. The summed E-state index contributed by atoms with van der Waals surface area (Å²) in [5.41, 5.74) is -1.34. The lowest BCUT2D eigenvalue weighted by molar-refractivity contribution is -0.274. The average Bonchev–Trinajstić information content (AvgIpc) is 2.58. The van der Waals surface area contributed by atoms with Crippen LogP contribution >= 0.6 is 0 Å². The maximum Gasteiger partial charge on any atom is 0.573 e. The van der Waals surface area contributed by atoms with Gasteiger partial charge in [0.1, 0.15) is 22.8 Å². The van der Waals surface area contributed by atoms with Gasteiger partial charge in [-0.3, -0.25) is 4.79 Å². The Morgan fingerprint density at radius 2 is 1.54 bits per heavy atom. The maximum atomic E-state index is 13.4. The van der Waals surface area contributed by atoms with Crippen molar-refractivity contribution in [1.29, 1.82) is 0 Å². The van der Waals surface area contributed by atoms with E-state index in [9.17, 15) is 31.1 Å². The monoisotopic (exact) mass is 403 g/mol. The Morgan fingerprint density at radius 3 is 2.11 bits per heavy atom. The molecule has 0 aliphatic rings. The second-order valence-electron chi connectivity index (χ2n) is 5.81. The van der Waals surface area contributed by atoms with Crippen LogP contribution in [-0.2, 0) is 6.18 Å². The highest BCUT2D eigenvalue weighted by molar-refractivity contribution is 5.82. The number of aryl methyl sites for hydroxylation is 1. The molecule has 0 atom stereocenters. The van der Waals surface area contributed by atoms with Crippen LogP contribution in [0.3, 0.4) is 0 Å². The molecule has 4 nitrogen and oxygen atoms in total. The van der Waals surface area contributed by atoms with E-state index in [0.29, 0.717) is 5.56 Å². The van der Waals surface area contributed by atoms with Gasteiger partial charge in [0.15, 0.2) is 5.43 Å². The minimum Gasteiger partial charge on any atom is -0.457 e. The van der Waals surface area contributed by atoms with Gasteiger partial charge in [0.2, 0.25) is 0 Å². The Hall–Kier alpha value is -3.17. The Morgan fingerprint density at radius 1 is 0.929 bits per heavy atom. The molecule has 3 aromatic rings. The molecule has 0 spiro atoms. The van der Waals surface area contributed by atoms with Crippen LogP contribution in [0.2, 0.25) is 0 Å². The zero-order valence-corrected chi connectivity index (χ0v) is 14.0. The molecule has 0 saturated heterocycles. The number of nitrogens with one attached hydrogen (secondary N) is 1. The van der Waals surface area contributed by atoms with E-state index in [1.54, 1.807) is 0 Å². The minimum absolute atomic E-state index is 0.0139. The molecule has 10 heteroatoms. The number of halogens is 6. The van der Waals surface area contributed by atoms with E-state index in [2.05, 4.69) is 9.72 Å². The van der Waals surface area contributed by atoms with Crippen molar-refractivity contribution in [2.24, 2.45) is 0 Å². The number of H-pyrrole nitrogens is 1. The summed E-state index contributed by atoms with van der Waals surface area (Å²) in [5, 5.41) is -0.0139. The molecule has 0 aliphatic heterocycles. The van der Waals surface area contributed by atoms with Crippen LogP contribution in [0, 0.1) is 6.92 Å². The molecule has 0 fully saturated rings. The van der Waals surface area contributed by atoms with Crippen molar-refractivity contribution in [3.05, 3.63) is 63.9 Å². The average molecular weight is 403 g/mol. The van der Waals surface area contributed by atoms with Gasteiger partial charge in [-0.05, 0) is 43.3 Å². The van der Waals surface area contributed by atoms with E-state index < -0.39 is 35.0 Å². The van der Waals surface area contributed by atoms with Gasteiger partial charge in [-0.1, -0.05) is 0 Å². The second-order valence-corrected chi connectivity index (χ2v) is 5.81. The number of fused-ring (bicyclic) bond motifs is 1. The van der Waals surface area contributed by atoms with Crippen molar-refractivity contribution in [2.45, 2.75) is 19.5 Å². The fourth-order valence-corrected chi connectivity index (χ4v) is 2.49. The normalized spacial score (nSPS) is 12.2. The summed E-state index contributed by atoms with van der Waals surface area (Å²) < 4.78 is 85.6. The van der Waals surface area contributed by atoms with Crippen LogP contribution < -0.4 is 14.9 Å². The molecular formula is C18H11F6NO3. The number of ether oxygens (including phenoxy) is 2. The molecule has 0 amide bonds. The zero-order valence-electron chi connectivity index (χ0n) is 14.0. The van der Waals surface area contributed by atoms with Gasteiger partial charge in [-0.15, -0.1) is 13.2 Å². The Labute approximate surface area is 153 Å². The number of alkyl halides is 6. The molecule has 0 saturated carbocycles. The van der Waals surface area contributed by atoms with Crippen LogP contribution in [0.15, 0.2) is 47.4 Å². The van der Waals surface area contributed by atoms with Crippen LogP contribution in [0.1, 0.15) is 11.1 Å². The van der Waals surface area contributed by atoms with E-state index >= 15 is 0 Å². The van der Waals surface area contributed by atoms with Gasteiger partial charge in [-0.2, -0.15) is 13.2 Å². The number of hydrogen-bond acceptors (Lipinski definition) is 3. The van der Waals surface area contributed by atoms with Gasteiger partial charge in [0.05, 0.1) is 5.52 Å². The lowest BCUT2D eigenvalue weighted by Crippen LogP contribution is -2.16. The summed E-state index contributed by atoms with van der Waals surface area (Å²) in [5.74, 6) is -1.37. The number of rotatable bonds is 3. The number of aromatic nitrogens is 1. The Kier molecular flexibility index (Phi) is 4.74. The van der Waals surface area contributed by atoms with Crippen molar-refractivity contribution in [3.8, 4) is 17.2 Å². The van der Waals surface area contributed by atoms with Gasteiger partial charge in [0.25, 0.3) is 0 Å². The van der Waals surface area contributed by atoms with E-state index in [-0.39, 0.29) is 16.7 Å². The first-order valence-electron chi connectivity index (χ1n) is 7.71. The highest BCUT2D eigenvalue weighted by Gasteiger charge is 2.35. The molecule has 1 N–H and O–H groups in total. The van der Waals surface area contributed by atoms with Crippen molar-refractivity contribution >= 4 is 10.9 Å². The molecule has 148 valence electrons. The first-order chi connectivity index (χ1) is 12.9. The summed E-state index contributed by atoms with van der Waals surface area (Å²) in [6.45, 7) is 1.50. The number of aromatic amines is 1. The van der Waals surface area contributed by atoms with Gasteiger partial charge in [-0.25, -0.2) is 0 Å². The number of pyridine rings is 1. The lowest BCUT2D eigenvalue weighted by atomic mass is 10.1. The Balaban J connectivity index is 2.03. The van der Waals surface area contributed by atoms with Crippen LogP contribution in [0.5, 0.6) is 17.2 Å². The Bertz CT molecular complexity index is 1070. The van der Waals surface area contributed by atoms with E-state index in [1.807, 2.05) is 0 Å². The number of hydrogen-bond donors (Lipinski definition) is 1. The molecule has 0 aliphatic carbocycles. The van der Waals surface area contributed by atoms with Gasteiger partial charge >= 0.3 is 12.5 Å². The third-order valence-electron chi connectivity index (χ3n) is 3.76. The third-order valence-corrected chi connectivity index (χ3v) is 3.76. The summed E-state index contributed by atoms with van der Waals surface area (Å²) >= 11 is 0. The largest absolute Gasteiger partial charge is 0.573 e. The molecule has 1 heterocycles. The summed E-state index contributed by atoms with van der Waals surface area (Å²) in [7, 11) is 0. The fourth-order valence-electron chi connectivity index (χ4n) is 2.49. The second kappa shape index (κ2) is 6.77. The predicted molar refractivity (Wildman–Crippen MR) is 87.5 cm³/mol. The maximum absolute atomic E-state index is 13.4. The highest BCUT2D eigenvalue weighted by Crippen LogP contribution is 2.40. The lowest BCUT2D eigenvalue weighted by Gasteiger charge is -2.15. The smallest absolute Gasteiger partial charge is 0.457 e. The van der Waals surface area contributed by atoms with Crippen molar-refractivity contribution < 1.29 is 35.8 Å². The molecule has 3 rings (SSSR count). The van der Waals surface area contributed by atoms with Crippen LogP contribution in [0.4, 0.5) is 26.3 Å². The van der Waals surface area contributed by atoms with Crippen molar-refractivity contribution in [3.63, 3.8) is 0 Å². The first-order valence-corrected chi connectivity index (χ1v) is 7.71. The molecule has 0 unspecified atom stereocenters. The predicted octanol–water partition coefficient (Wildman–Crippen LogP) is 5.55. The first kappa shape index (κ1) is 19.6. The van der Waals surface area contributed by atoms with Gasteiger partial charge < -0.3 is 14.5 Å². The SMILES string of the molecule is Cc1c[nH]c2cc(C(F)(F)F)c(Oc3ccc(OC(F)(F)F)cc3)cc2c1=O. The molecule has 0 radical (unpaired) electrons. The van der Waals surface area contributed by atoms with Crippen LogP contribution in [-0.4, -0.2) is 11.3 Å². The van der Waals surface area contributed by atoms with Crippen LogP contribution in [0.25, 0.3) is 10.9 Å². The highest BCUT2D eigenvalue weighted by atomic mass is 19.4. The van der Waals surface area contributed by atoms with E-state index in [1.165, 1.54) is 13.1 Å². The summed E-state index contributed by atoms with van der Waals surface area (Å²) in [4.78, 5) is 14.8.